The number of piperidine rings is 1. The van der Waals surface area contributed by atoms with E-state index >= 15 is 0 Å². The SMILES string of the molecule is OCC1[C@H]2CN(Cc3ccccc3OCc3ccccn3)C[C@@H]12. The summed E-state index contributed by atoms with van der Waals surface area (Å²) in [5.74, 6) is 2.92. The highest BCUT2D eigenvalue weighted by atomic mass is 16.5. The van der Waals surface area contributed by atoms with Crippen LogP contribution in [0.5, 0.6) is 5.75 Å². The number of likely N-dealkylation sites (tertiary alicyclic amines) is 1. The van der Waals surface area contributed by atoms with Crippen molar-refractivity contribution in [2.75, 3.05) is 19.7 Å². The maximum Gasteiger partial charge on any atom is 0.130 e. The van der Waals surface area contributed by atoms with Crippen LogP contribution in [0.1, 0.15) is 11.3 Å². The topological polar surface area (TPSA) is 45.6 Å². The quantitative estimate of drug-likeness (QED) is 0.889. The summed E-state index contributed by atoms with van der Waals surface area (Å²) in [5.41, 5.74) is 2.17. The van der Waals surface area contributed by atoms with Crippen molar-refractivity contribution in [2.24, 2.45) is 17.8 Å². The summed E-state index contributed by atoms with van der Waals surface area (Å²) >= 11 is 0. The third kappa shape index (κ3) is 3.09. The van der Waals surface area contributed by atoms with Gasteiger partial charge in [0.2, 0.25) is 0 Å². The van der Waals surface area contributed by atoms with Crippen LogP contribution in [0.4, 0.5) is 0 Å². The minimum Gasteiger partial charge on any atom is -0.487 e. The number of pyridine rings is 1. The molecule has 120 valence electrons. The Hall–Kier alpha value is -1.91. The number of nitrogens with zero attached hydrogens (tertiary/aromatic N) is 2. The predicted molar refractivity (Wildman–Crippen MR) is 87.8 cm³/mol. The van der Waals surface area contributed by atoms with Crippen LogP contribution in [0.25, 0.3) is 0 Å². The Morgan fingerprint density at radius 2 is 1.87 bits per heavy atom. The van der Waals surface area contributed by atoms with E-state index in [1.807, 2.05) is 30.3 Å². The van der Waals surface area contributed by atoms with Gasteiger partial charge in [-0.1, -0.05) is 24.3 Å². The molecule has 1 saturated carbocycles. The molecule has 2 aromatic rings. The fraction of sp³-hybridized carbons (Fsp3) is 0.421. The first-order valence-corrected chi connectivity index (χ1v) is 8.29. The Morgan fingerprint density at radius 3 is 2.61 bits per heavy atom. The summed E-state index contributed by atoms with van der Waals surface area (Å²) in [7, 11) is 0. The van der Waals surface area contributed by atoms with Crippen LogP contribution in [-0.4, -0.2) is 34.7 Å². The summed E-state index contributed by atoms with van der Waals surface area (Å²) in [4.78, 5) is 6.78. The minimum atomic E-state index is 0.354. The summed E-state index contributed by atoms with van der Waals surface area (Å²) in [5, 5.41) is 9.27. The molecule has 2 fully saturated rings. The summed E-state index contributed by atoms with van der Waals surface area (Å²) in [6.07, 6.45) is 1.79. The van der Waals surface area contributed by atoms with Gasteiger partial charge in [0, 0.05) is 38.0 Å². The van der Waals surface area contributed by atoms with Crippen molar-refractivity contribution in [3.05, 3.63) is 59.9 Å². The molecule has 1 aromatic carbocycles. The second kappa shape index (κ2) is 6.30. The van der Waals surface area contributed by atoms with Crippen LogP contribution in [0, 0.1) is 17.8 Å². The van der Waals surface area contributed by atoms with Gasteiger partial charge in [-0.05, 0) is 36.0 Å². The summed E-state index contributed by atoms with van der Waals surface area (Å²) < 4.78 is 5.98. The van der Waals surface area contributed by atoms with E-state index in [9.17, 15) is 5.11 Å². The first-order chi connectivity index (χ1) is 11.3. The molecule has 2 heterocycles. The molecule has 4 heteroatoms. The lowest BCUT2D eigenvalue weighted by Gasteiger charge is -2.20. The van der Waals surface area contributed by atoms with Crippen molar-refractivity contribution < 1.29 is 9.84 Å². The maximum absolute atomic E-state index is 9.27. The van der Waals surface area contributed by atoms with Gasteiger partial charge in [0.05, 0.1) is 5.69 Å². The zero-order valence-electron chi connectivity index (χ0n) is 13.1. The molecular formula is C19H22N2O2. The van der Waals surface area contributed by atoms with Gasteiger partial charge in [0.25, 0.3) is 0 Å². The molecule has 4 rings (SSSR count). The summed E-state index contributed by atoms with van der Waals surface area (Å²) in [6, 6.07) is 14.1. The zero-order valence-corrected chi connectivity index (χ0v) is 13.1. The second-order valence-corrected chi connectivity index (χ2v) is 6.59. The van der Waals surface area contributed by atoms with Gasteiger partial charge in [0.15, 0.2) is 0 Å². The number of hydrogen-bond acceptors (Lipinski definition) is 4. The monoisotopic (exact) mass is 310 g/mol. The number of hydrogen-bond donors (Lipinski definition) is 1. The Morgan fingerprint density at radius 1 is 1.09 bits per heavy atom. The highest BCUT2D eigenvalue weighted by Gasteiger charge is 2.54. The lowest BCUT2D eigenvalue weighted by Crippen LogP contribution is -2.25. The van der Waals surface area contributed by atoms with Crippen molar-refractivity contribution in [2.45, 2.75) is 13.2 Å². The largest absolute Gasteiger partial charge is 0.487 e. The lowest BCUT2D eigenvalue weighted by atomic mass is 10.1. The van der Waals surface area contributed by atoms with Crippen LogP contribution in [0.2, 0.25) is 0 Å². The van der Waals surface area contributed by atoms with Crippen molar-refractivity contribution in [1.29, 1.82) is 0 Å². The number of ether oxygens (including phenoxy) is 1. The van der Waals surface area contributed by atoms with Crippen molar-refractivity contribution in [1.82, 2.24) is 9.88 Å². The third-order valence-corrected chi connectivity index (χ3v) is 5.13. The molecule has 1 N–H and O–H groups in total. The number of aliphatic hydroxyl groups excluding tert-OH is 1. The van der Waals surface area contributed by atoms with Crippen LogP contribution in [0.15, 0.2) is 48.7 Å². The number of fused-ring (bicyclic) bond motifs is 1. The Labute approximate surface area is 136 Å². The molecule has 1 aliphatic carbocycles. The van der Waals surface area contributed by atoms with Crippen molar-refractivity contribution in [3.63, 3.8) is 0 Å². The van der Waals surface area contributed by atoms with Crippen LogP contribution in [0.3, 0.4) is 0 Å². The fourth-order valence-corrected chi connectivity index (χ4v) is 3.79. The number of rotatable bonds is 6. The molecule has 0 radical (unpaired) electrons. The van der Waals surface area contributed by atoms with E-state index in [1.54, 1.807) is 6.20 Å². The molecule has 1 unspecified atom stereocenters. The van der Waals surface area contributed by atoms with E-state index in [4.69, 9.17) is 4.74 Å². The third-order valence-electron chi connectivity index (χ3n) is 5.13. The second-order valence-electron chi connectivity index (χ2n) is 6.59. The van der Waals surface area contributed by atoms with E-state index in [1.165, 1.54) is 5.56 Å². The summed E-state index contributed by atoms with van der Waals surface area (Å²) in [6.45, 7) is 3.97. The first-order valence-electron chi connectivity index (χ1n) is 8.29. The molecule has 1 saturated heterocycles. The Kier molecular flexibility index (Phi) is 4.02. The molecule has 1 aromatic heterocycles. The standard InChI is InChI=1S/C19H22N2O2/c22-12-18-16-10-21(11-17(16)18)9-14-5-1-2-7-19(14)23-13-15-6-3-4-8-20-15/h1-8,16-18,22H,9-13H2/t16-,17+,18?. The van der Waals surface area contributed by atoms with E-state index < -0.39 is 0 Å². The Bertz CT molecular complexity index is 649. The smallest absolute Gasteiger partial charge is 0.130 e. The molecule has 4 nitrogen and oxygen atoms in total. The van der Waals surface area contributed by atoms with Gasteiger partial charge >= 0.3 is 0 Å². The highest BCUT2D eigenvalue weighted by Crippen LogP contribution is 2.51. The zero-order chi connectivity index (χ0) is 15.6. The number of aliphatic hydroxyl groups is 1. The predicted octanol–water partition coefficient (Wildman–Crippen LogP) is 2.33. The van der Waals surface area contributed by atoms with Crippen molar-refractivity contribution >= 4 is 0 Å². The van der Waals surface area contributed by atoms with Gasteiger partial charge < -0.3 is 9.84 Å². The normalized spacial score (nSPS) is 26.0. The highest BCUT2D eigenvalue weighted by molar-refractivity contribution is 5.33. The van der Waals surface area contributed by atoms with Gasteiger partial charge in [-0.3, -0.25) is 9.88 Å². The van der Waals surface area contributed by atoms with Crippen LogP contribution >= 0.6 is 0 Å². The van der Waals surface area contributed by atoms with E-state index in [0.29, 0.717) is 31.0 Å². The minimum absolute atomic E-state index is 0.354. The van der Waals surface area contributed by atoms with Gasteiger partial charge in [-0.25, -0.2) is 0 Å². The molecule has 0 amide bonds. The molecule has 0 spiro atoms. The molecule has 2 aliphatic rings. The van der Waals surface area contributed by atoms with Gasteiger partial charge in [-0.15, -0.1) is 0 Å². The van der Waals surface area contributed by atoms with Gasteiger partial charge in [-0.2, -0.15) is 0 Å². The van der Waals surface area contributed by atoms with Crippen LogP contribution in [-0.2, 0) is 13.2 Å². The average Bonchev–Trinajstić information content (AvgIpc) is 3.08. The molecule has 1 aliphatic heterocycles. The van der Waals surface area contributed by atoms with E-state index in [0.717, 1.165) is 31.1 Å². The van der Waals surface area contributed by atoms with Crippen molar-refractivity contribution in [3.8, 4) is 5.75 Å². The fourth-order valence-electron chi connectivity index (χ4n) is 3.79. The molecule has 3 atom stereocenters. The lowest BCUT2D eigenvalue weighted by molar-refractivity contribution is 0.214. The average molecular weight is 310 g/mol. The molecule has 23 heavy (non-hydrogen) atoms. The first kappa shape index (κ1) is 14.7. The Balaban J connectivity index is 1.38. The van der Waals surface area contributed by atoms with E-state index in [2.05, 4.69) is 22.0 Å². The maximum atomic E-state index is 9.27. The number of benzene rings is 1. The van der Waals surface area contributed by atoms with Gasteiger partial charge in [0.1, 0.15) is 12.4 Å². The van der Waals surface area contributed by atoms with E-state index in [-0.39, 0.29) is 0 Å². The number of aromatic nitrogens is 1. The molecular weight excluding hydrogens is 288 g/mol. The van der Waals surface area contributed by atoms with Crippen LogP contribution < -0.4 is 4.74 Å². The number of para-hydroxylation sites is 1. The molecule has 0 bridgehead atoms.